The zero-order valence-electron chi connectivity index (χ0n) is 17.9. The number of ether oxygens (including phenoxy) is 1. The van der Waals surface area contributed by atoms with Crippen LogP contribution in [0, 0.1) is 0 Å². The molecule has 1 rings (SSSR count). The molecule has 0 aliphatic rings. The number of hydrogen-bond acceptors (Lipinski definition) is 4. The summed E-state index contributed by atoms with van der Waals surface area (Å²) in [5.41, 5.74) is 1.31. The number of benzene rings is 1. The van der Waals surface area contributed by atoms with Crippen LogP contribution in [0.2, 0.25) is 0 Å². The van der Waals surface area contributed by atoms with E-state index < -0.39 is 17.2 Å². The predicted octanol–water partition coefficient (Wildman–Crippen LogP) is 2.72. The number of carbonyl (C=O) groups excluding carboxylic acids is 1. The van der Waals surface area contributed by atoms with Crippen LogP contribution >= 0.6 is 0 Å². The van der Waals surface area contributed by atoms with Gasteiger partial charge in [0.05, 0.1) is 5.54 Å². The summed E-state index contributed by atoms with van der Waals surface area (Å²) in [5, 5.41) is 9.39. The number of carbonyl (C=O) groups is 1. The van der Waals surface area contributed by atoms with Crippen LogP contribution in [0.1, 0.15) is 40.2 Å². The van der Waals surface area contributed by atoms with E-state index in [9.17, 15) is 4.79 Å². The molecule has 27 heavy (non-hydrogen) atoms. The van der Waals surface area contributed by atoms with Crippen molar-refractivity contribution in [1.29, 1.82) is 0 Å². The summed E-state index contributed by atoms with van der Waals surface area (Å²) in [7, 11) is 5.76. The Balaban J connectivity index is 2.50. The second-order valence-corrected chi connectivity index (χ2v) is 8.35. The van der Waals surface area contributed by atoms with E-state index in [0.29, 0.717) is 19.0 Å². The minimum Gasteiger partial charge on any atom is -0.444 e. The van der Waals surface area contributed by atoms with E-state index in [0.717, 1.165) is 11.3 Å². The molecule has 1 aromatic rings. The lowest BCUT2D eigenvalue weighted by molar-refractivity contribution is 0.0474. The van der Waals surface area contributed by atoms with Crippen LogP contribution in [0.15, 0.2) is 29.3 Å². The lowest BCUT2D eigenvalue weighted by atomic mass is 10.1. The van der Waals surface area contributed by atoms with Gasteiger partial charge < -0.3 is 25.6 Å². The molecule has 7 heteroatoms. The number of hydrogen-bond donors (Lipinski definition) is 3. The van der Waals surface area contributed by atoms with Crippen molar-refractivity contribution in [2.45, 2.75) is 52.3 Å². The normalized spacial score (nSPS) is 12.4. The van der Waals surface area contributed by atoms with Gasteiger partial charge in [0.1, 0.15) is 5.60 Å². The highest BCUT2D eigenvalue weighted by Gasteiger charge is 2.24. The van der Waals surface area contributed by atoms with Gasteiger partial charge in [-0.3, -0.25) is 4.99 Å². The van der Waals surface area contributed by atoms with Crippen molar-refractivity contribution in [3.8, 4) is 0 Å². The van der Waals surface area contributed by atoms with E-state index >= 15 is 0 Å². The summed E-state index contributed by atoms with van der Waals surface area (Å²) in [6, 6.07) is 8.34. The number of aliphatic imine (C=N–C) groups is 1. The molecule has 0 atom stereocenters. The second kappa shape index (κ2) is 9.48. The highest BCUT2D eigenvalue weighted by atomic mass is 16.6. The van der Waals surface area contributed by atoms with Gasteiger partial charge in [-0.1, -0.05) is 12.1 Å². The number of nitrogens with zero attached hydrogens (tertiary/aromatic N) is 2. The molecule has 0 aliphatic heterocycles. The van der Waals surface area contributed by atoms with Crippen LogP contribution in [-0.2, 0) is 11.3 Å². The van der Waals surface area contributed by atoms with Gasteiger partial charge >= 0.3 is 6.09 Å². The third kappa shape index (κ3) is 9.17. The summed E-state index contributed by atoms with van der Waals surface area (Å²) < 4.78 is 5.31. The maximum Gasteiger partial charge on any atom is 0.408 e. The van der Waals surface area contributed by atoms with Crippen molar-refractivity contribution in [2.24, 2.45) is 4.99 Å². The van der Waals surface area contributed by atoms with Gasteiger partial charge in [0.15, 0.2) is 5.96 Å². The number of guanidine groups is 1. The maximum absolute atomic E-state index is 12.0. The van der Waals surface area contributed by atoms with Crippen molar-refractivity contribution in [2.75, 3.05) is 32.6 Å². The molecule has 0 radical (unpaired) electrons. The maximum atomic E-state index is 12.0. The molecular formula is C20H35N5O2. The van der Waals surface area contributed by atoms with Gasteiger partial charge in [0.2, 0.25) is 0 Å². The zero-order valence-corrected chi connectivity index (χ0v) is 17.9. The predicted molar refractivity (Wildman–Crippen MR) is 112 cm³/mol. The van der Waals surface area contributed by atoms with Crippen LogP contribution in [0.5, 0.6) is 0 Å². The first-order valence-electron chi connectivity index (χ1n) is 9.14. The second-order valence-electron chi connectivity index (χ2n) is 8.35. The number of anilines is 1. The SMILES string of the molecule is CN=C(NCc1ccc(N(C)C)cc1)NCC(C)(C)NC(=O)OC(C)(C)C. The van der Waals surface area contributed by atoms with E-state index in [1.54, 1.807) is 7.05 Å². The molecule has 7 nitrogen and oxygen atoms in total. The Labute approximate surface area is 163 Å². The average Bonchev–Trinajstić information content (AvgIpc) is 2.52. The van der Waals surface area contributed by atoms with E-state index in [4.69, 9.17) is 4.74 Å². The minimum atomic E-state index is -0.521. The summed E-state index contributed by atoms with van der Waals surface area (Å²) in [5.74, 6) is 0.672. The molecule has 0 saturated carbocycles. The van der Waals surface area contributed by atoms with E-state index in [1.165, 1.54) is 0 Å². The fraction of sp³-hybridized carbons (Fsp3) is 0.600. The minimum absolute atomic E-state index is 0.432. The van der Waals surface area contributed by atoms with Crippen molar-refractivity contribution >= 4 is 17.7 Å². The van der Waals surface area contributed by atoms with Crippen molar-refractivity contribution < 1.29 is 9.53 Å². The van der Waals surface area contributed by atoms with Crippen LogP contribution < -0.4 is 20.9 Å². The van der Waals surface area contributed by atoms with Gasteiger partial charge in [-0.05, 0) is 52.3 Å². The Morgan fingerprint density at radius 2 is 1.67 bits per heavy atom. The zero-order chi connectivity index (χ0) is 20.7. The van der Waals surface area contributed by atoms with E-state index in [2.05, 4.69) is 50.1 Å². The lowest BCUT2D eigenvalue weighted by Gasteiger charge is -2.29. The van der Waals surface area contributed by atoms with Crippen LogP contribution in [0.25, 0.3) is 0 Å². The fourth-order valence-corrected chi connectivity index (χ4v) is 2.25. The van der Waals surface area contributed by atoms with Crippen molar-refractivity contribution in [3.05, 3.63) is 29.8 Å². The molecule has 0 unspecified atom stereocenters. The molecule has 0 saturated heterocycles. The number of rotatable bonds is 6. The van der Waals surface area contributed by atoms with E-state index in [-0.39, 0.29) is 0 Å². The molecule has 0 spiro atoms. The summed E-state index contributed by atoms with van der Waals surface area (Å²) >= 11 is 0. The quantitative estimate of drug-likeness (QED) is 0.525. The van der Waals surface area contributed by atoms with Crippen LogP contribution in [-0.4, -0.2) is 50.9 Å². The monoisotopic (exact) mass is 377 g/mol. The van der Waals surface area contributed by atoms with Crippen LogP contribution in [0.3, 0.4) is 0 Å². The molecule has 0 fully saturated rings. The van der Waals surface area contributed by atoms with Gasteiger partial charge in [0.25, 0.3) is 0 Å². The molecule has 0 heterocycles. The van der Waals surface area contributed by atoms with Crippen molar-refractivity contribution in [3.63, 3.8) is 0 Å². The topological polar surface area (TPSA) is 78.0 Å². The Morgan fingerprint density at radius 1 is 1.07 bits per heavy atom. The molecule has 0 bridgehead atoms. The molecule has 1 aromatic carbocycles. The molecule has 0 aromatic heterocycles. The third-order valence-electron chi connectivity index (χ3n) is 3.67. The smallest absolute Gasteiger partial charge is 0.408 e. The highest BCUT2D eigenvalue weighted by Crippen LogP contribution is 2.12. The molecule has 1 amide bonds. The summed E-state index contributed by atoms with van der Waals surface area (Å²) in [4.78, 5) is 18.3. The molecule has 152 valence electrons. The molecule has 0 aliphatic carbocycles. The number of alkyl carbamates (subject to hydrolysis) is 1. The lowest BCUT2D eigenvalue weighted by Crippen LogP contribution is -2.54. The molecule has 3 N–H and O–H groups in total. The number of amides is 1. The first-order chi connectivity index (χ1) is 12.4. The summed E-state index contributed by atoms with van der Waals surface area (Å²) in [6.45, 7) is 10.5. The van der Waals surface area contributed by atoms with Crippen LogP contribution in [0.4, 0.5) is 10.5 Å². The Kier molecular flexibility index (Phi) is 7.94. The summed E-state index contributed by atoms with van der Waals surface area (Å²) in [6.07, 6.45) is -0.432. The van der Waals surface area contributed by atoms with E-state index in [1.807, 2.05) is 48.7 Å². The Bertz CT molecular complexity index is 631. The average molecular weight is 378 g/mol. The largest absolute Gasteiger partial charge is 0.444 e. The third-order valence-corrected chi connectivity index (χ3v) is 3.67. The number of nitrogens with one attached hydrogen (secondary N) is 3. The van der Waals surface area contributed by atoms with Gasteiger partial charge in [-0.2, -0.15) is 0 Å². The van der Waals surface area contributed by atoms with Gasteiger partial charge in [0, 0.05) is 39.9 Å². The Hall–Kier alpha value is -2.44. The first-order valence-corrected chi connectivity index (χ1v) is 9.14. The fourth-order valence-electron chi connectivity index (χ4n) is 2.25. The van der Waals surface area contributed by atoms with Crippen molar-refractivity contribution in [1.82, 2.24) is 16.0 Å². The highest BCUT2D eigenvalue weighted by molar-refractivity contribution is 5.79. The molecular weight excluding hydrogens is 342 g/mol. The van der Waals surface area contributed by atoms with Gasteiger partial charge in [-0.25, -0.2) is 4.79 Å². The first kappa shape index (κ1) is 22.6. The Morgan fingerprint density at radius 3 is 2.15 bits per heavy atom. The standard InChI is InChI=1S/C20H35N5O2/c1-19(2,3)27-18(26)24-20(4,5)14-23-17(21-6)22-13-15-9-11-16(12-10-15)25(7)8/h9-12H,13-14H2,1-8H3,(H,24,26)(H2,21,22,23). The van der Waals surface area contributed by atoms with Gasteiger partial charge in [-0.15, -0.1) is 0 Å².